The zero-order valence-corrected chi connectivity index (χ0v) is 18.6. The van der Waals surface area contributed by atoms with Gasteiger partial charge in [0.05, 0.1) is 22.5 Å². The zero-order chi connectivity index (χ0) is 23.2. The van der Waals surface area contributed by atoms with Crippen LogP contribution in [-0.2, 0) is 6.54 Å². The summed E-state index contributed by atoms with van der Waals surface area (Å²) in [4.78, 5) is 51.2. The fraction of sp³-hybridized carbons (Fsp3) is 0.136. The van der Waals surface area contributed by atoms with Crippen LogP contribution in [0, 0.1) is 24.0 Å². The first-order valence-electron chi connectivity index (χ1n) is 9.48. The Bertz CT molecular complexity index is 1520. The molecular weight excluding hydrogens is 454 g/mol. The maximum atomic E-state index is 13.4. The summed E-state index contributed by atoms with van der Waals surface area (Å²) in [7, 11) is 0. The van der Waals surface area contributed by atoms with Gasteiger partial charge in [-0.2, -0.15) is 0 Å². The van der Waals surface area contributed by atoms with Crippen molar-refractivity contribution in [2.24, 2.45) is 0 Å². The van der Waals surface area contributed by atoms with Gasteiger partial charge >= 0.3 is 5.69 Å². The van der Waals surface area contributed by atoms with Gasteiger partial charge in [0.2, 0.25) is 0 Å². The smallest absolute Gasteiger partial charge is 0.292 e. The van der Waals surface area contributed by atoms with Gasteiger partial charge in [-0.15, -0.1) is 11.3 Å². The average Bonchev–Trinajstić information content (AvgIpc) is 3.05. The number of carbonyl (C=O) groups is 1. The molecule has 0 N–H and O–H groups in total. The van der Waals surface area contributed by atoms with Crippen molar-refractivity contribution in [1.29, 1.82) is 0 Å². The fourth-order valence-corrected chi connectivity index (χ4v) is 4.77. The number of Topliss-reactive ketones (excluding diaryl/α,β-unsaturated/α-hetero) is 1. The van der Waals surface area contributed by atoms with E-state index in [1.165, 1.54) is 46.2 Å². The lowest BCUT2D eigenvalue weighted by Gasteiger charge is -2.12. The van der Waals surface area contributed by atoms with E-state index in [-0.39, 0.29) is 17.8 Å². The van der Waals surface area contributed by atoms with Gasteiger partial charge in [0.25, 0.3) is 11.2 Å². The van der Waals surface area contributed by atoms with Crippen LogP contribution in [0.3, 0.4) is 0 Å². The average molecular weight is 470 g/mol. The van der Waals surface area contributed by atoms with Crippen LogP contribution >= 0.6 is 22.9 Å². The number of nitro benzene ring substituents is 1. The summed E-state index contributed by atoms with van der Waals surface area (Å²) in [6.07, 6.45) is 0. The molecule has 0 aliphatic heterocycles. The minimum atomic E-state index is -0.665. The first-order valence-corrected chi connectivity index (χ1v) is 10.7. The van der Waals surface area contributed by atoms with Crippen LogP contribution in [0.2, 0.25) is 5.02 Å². The van der Waals surface area contributed by atoms with Gasteiger partial charge in [-0.05, 0) is 49.7 Å². The van der Waals surface area contributed by atoms with Crippen LogP contribution in [0.15, 0.2) is 58.1 Å². The molecule has 2 aromatic heterocycles. The van der Waals surface area contributed by atoms with Gasteiger partial charge in [0, 0.05) is 27.6 Å². The van der Waals surface area contributed by atoms with Crippen LogP contribution < -0.4 is 11.2 Å². The molecule has 0 saturated carbocycles. The van der Waals surface area contributed by atoms with Crippen LogP contribution in [0.1, 0.15) is 20.8 Å². The molecule has 4 aromatic rings. The molecule has 0 bridgehead atoms. The second-order valence-electron chi connectivity index (χ2n) is 7.18. The highest BCUT2D eigenvalue weighted by Crippen LogP contribution is 2.27. The van der Waals surface area contributed by atoms with E-state index < -0.39 is 22.0 Å². The van der Waals surface area contributed by atoms with Crippen molar-refractivity contribution >= 4 is 44.6 Å². The second kappa shape index (κ2) is 8.18. The van der Waals surface area contributed by atoms with Gasteiger partial charge in [0.15, 0.2) is 5.78 Å². The second-order valence-corrected chi connectivity index (χ2v) is 8.82. The lowest BCUT2D eigenvalue weighted by Crippen LogP contribution is -2.39. The maximum Gasteiger partial charge on any atom is 0.337 e. The molecule has 0 aliphatic rings. The van der Waals surface area contributed by atoms with E-state index >= 15 is 0 Å². The third-order valence-electron chi connectivity index (χ3n) is 5.22. The number of fused-ring (bicyclic) bond motifs is 1. The van der Waals surface area contributed by atoms with E-state index in [1.807, 2.05) is 6.92 Å². The number of halogens is 1. The molecule has 0 unspecified atom stereocenters. The molecule has 0 radical (unpaired) electrons. The van der Waals surface area contributed by atoms with E-state index in [0.717, 1.165) is 15.0 Å². The van der Waals surface area contributed by atoms with E-state index in [9.17, 15) is 24.5 Å². The van der Waals surface area contributed by atoms with Crippen molar-refractivity contribution in [1.82, 2.24) is 9.13 Å². The molecule has 162 valence electrons. The largest absolute Gasteiger partial charge is 0.337 e. The first-order chi connectivity index (χ1) is 15.2. The van der Waals surface area contributed by atoms with Crippen molar-refractivity contribution < 1.29 is 9.72 Å². The Balaban J connectivity index is 1.91. The number of non-ortho nitro benzene ring substituents is 1. The molecule has 2 heterocycles. The normalized spacial score (nSPS) is 11.1. The van der Waals surface area contributed by atoms with Gasteiger partial charge in [-0.25, -0.2) is 9.36 Å². The summed E-state index contributed by atoms with van der Waals surface area (Å²) < 4.78 is 2.28. The Labute approximate surface area is 190 Å². The van der Waals surface area contributed by atoms with E-state index in [4.69, 9.17) is 11.6 Å². The highest BCUT2D eigenvalue weighted by Gasteiger charge is 2.21. The first kappa shape index (κ1) is 21.7. The van der Waals surface area contributed by atoms with E-state index in [2.05, 4.69) is 0 Å². The predicted molar refractivity (Wildman–Crippen MR) is 124 cm³/mol. The lowest BCUT2D eigenvalue weighted by atomic mass is 10.1. The Morgan fingerprint density at radius 2 is 1.81 bits per heavy atom. The number of thiophene rings is 1. The number of nitrogens with zero attached hydrogens (tertiary/aromatic N) is 3. The molecule has 0 spiro atoms. The Morgan fingerprint density at radius 1 is 1.12 bits per heavy atom. The molecule has 32 heavy (non-hydrogen) atoms. The third kappa shape index (κ3) is 3.65. The van der Waals surface area contributed by atoms with Crippen LogP contribution in [0.25, 0.3) is 15.9 Å². The molecule has 0 saturated heterocycles. The molecule has 4 rings (SSSR count). The molecule has 10 heteroatoms. The highest BCUT2D eigenvalue weighted by molar-refractivity contribution is 7.18. The molecule has 0 amide bonds. The maximum absolute atomic E-state index is 13.4. The number of hydrogen-bond acceptors (Lipinski definition) is 6. The summed E-state index contributed by atoms with van der Waals surface area (Å²) in [5.74, 6) is -0.414. The molecular formula is C22H16ClN3O5S. The van der Waals surface area contributed by atoms with Gasteiger partial charge in [0.1, 0.15) is 4.83 Å². The number of benzene rings is 2. The molecule has 0 atom stereocenters. The van der Waals surface area contributed by atoms with E-state index in [1.54, 1.807) is 25.1 Å². The van der Waals surface area contributed by atoms with Crippen LogP contribution in [-0.4, -0.2) is 19.8 Å². The zero-order valence-electron chi connectivity index (χ0n) is 17.0. The van der Waals surface area contributed by atoms with Crippen molar-refractivity contribution in [2.75, 3.05) is 0 Å². The van der Waals surface area contributed by atoms with Crippen molar-refractivity contribution in [3.63, 3.8) is 0 Å². The molecule has 2 aromatic carbocycles. The van der Waals surface area contributed by atoms with Crippen molar-refractivity contribution in [2.45, 2.75) is 20.4 Å². The number of rotatable bonds is 5. The van der Waals surface area contributed by atoms with Gasteiger partial charge < -0.3 is 0 Å². The molecule has 0 fully saturated rings. The van der Waals surface area contributed by atoms with E-state index in [0.29, 0.717) is 20.9 Å². The number of carbonyl (C=O) groups excluding carboxylic acids is 1. The number of aromatic nitrogens is 2. The lowest BCUT2D eigenvalue weighted by molar-refractivity contribution is -0.384. The third-order valence-corrected chi connectivity index (χ3v) is 6.68. The number of ketones is 1. The summed E-state index contributed by atoms with van der Waals surface area (Å²) in [6.45, 7) is 3.31. The number of aryl methyl sites for hydroxylation is 2. The monoisotopic (exact) mass is 469 g/mol. The fourth-order valence-electron chi connectivity index (χ4n) is 3.44. The summed E-state index contributed by atoms with van der Waals surface area (Å²) in [5.41, 5.74) is -0.0211. The minimum absolute atomic E-state index is 0.139. The Kier molecular flexibility index (Phi) is 5.53. The Hall–Kier alpha value is -3.56. The number of nitro groups is 1. The topological polar surface area (TPSA) is 104 Å². The summed E-state index contributed by atoms with van der Waals surface area (Å²) >= 11 is 7.33. The van der Waals surface area contributed by atoms with Crippen molar-refractivity contribution in [3.8, 4) is 5.69 Å². The summed E-state index contributed by atoms with van der Waals surface area (Å²) in [5, 5.41) is 11.6. The van der Waals surface area contributed by atoms with Crippen LogP contribution in [0.5, 0.6) is 0 Å². The molecule has 0 aliphatic carbocycles. The minimum Gasteiger partial charge on any atom is -0.292 e. The van der Waals surface area contributed by atoms with Crippen molar-refractivity contribution in [3.05, 3.63) is 101 Å². The Morgan fingerprint density at radius 3 is 2.44 bits per heavy atom. The quantitative estimate of drug-likeness (QED) is 0.246. The molecule has 8 nitrogen and oxygen atoms in total. The highest BCUT2D eigenvalue weighted by atomic mass is 35.5. The SMILES string of the molecule is Cc1sc2c(c1C)c(=O)n(-c1cccc(Cl)c1)c(=O)n2CC(=O)c1ccc([N+](=O)[O-])cc1. The van der Waals surface area contributed by atoms with Gasteiger partial charge in [-0.1, -0.05) is 17.7 Å². The van der Waals surface area contributed by atoms with Crippen LogP contribution in [0.4, 0.5) is 5.69 Å². The number of hydrogen-bond donors (Lipinski definition) is 0. The summed E-state index contributed by atoms with van der Waals surface area (Å²) in [6, 6.07) is 11.5. The van der Waals surface area contributed by atoms with Gasteiger partial charge in [-0.3, -0.25) is 24.3 Å². The standard InChI is InChI=1S/C22H16ClN3O5S/c1-12-13(2)32-21-19(12)20(28)25(17-5-3-4-15(23)10-17)22(29)24(21)11-18(27)14-6-8-16(9-7-14)26(30)31/h3-10H,11H2,1-2H3. The predicted octanol–water partition coefficient (Wildman–Crippen LogP) is 4.28.